The molecule has 17 heavy (non-hydrogen) atoms. The fraction of sp³-hybridized carbons (Fsp3) is 0.333. The molecule has 0 aliphatic carbocycles. The Hall–Kier alpha value is -0.940. The summed E-state index contributed by atoms with van der Waals surface area (Å²) < 4.78 is 0.824. The zero-order chi connectivity index (χ0) is 12.4. The van der Waals surface area contributed by atoms with Crippen molar-refractivity contribution >= 4 is 33.1 Å². The molecule has 0 aliphatic rings. The van der Waals surface area contributed by atoms with Crippen LogP contribution in [0.4, 0.5) is 5.82 Å². The number of halogens is 1. The largest absolute Gasteiger partial charge is 0.352 e. The van der Waals surface area contributed by atoms with E-state index in [4.69, 9.17) is 0 Å². The molecule has 0 N–H and O–H groups in total. The molecule has 0 saturated heterocycles. The zero-order valence-corrected chi connectivity index (χ0v) is 12.4. The first-order chi connectivity index (χ1) is 8.08. The van der Waals surface area contributed by atoms with Gasteiger partial charge in [-0.15, -0.1) is 11.3 Å². The lowest BCUT2D eigenvalue weighted by molar-refractivity contribution is 0.736. The molecule has 0 saturated carbocycles. The molecule has 0 bridgehead atoms. The van der Waals surface area contributed by atoms with Gasteiger partial charge in [0.05, 0.1) is 6.04 Å². The molecule has 0 radical (unpaired) electrons. The maximum absolute atomic E-state index is 4.45. The molecule has 2 aromatic heterocycles. The second-order valence-electron chi connectivity index (χ2n) is 3.90. The van der Waals surface area contributed by atoms with Crippen molar-refractivity contribution in [1.82, 2.24) is 9.97 Å². The van der Waals surface area contributed by atoms with E-state index in [0.717, 1.165) is 16.2 Å². The van der Waals surface area contributed by atoms with Crippen LogP contribution in [0.15, 0.2) is 28.2 Å². The minimum absolute atomic E-state index is 0.316. The first-order valence-electron chi connectivity index (χ1n) is 5.35. The molecule has 0 fully saturated rings. The third-order valence-corrected chi connectivity index (χ3v) is 4.14. The van der Waals surface area contributed by atoms with Crippen LogP contribution in [0, 0.1) is 6.92 Å². The van der Waals surface area contributed by atoms with Gasteiger partial charge in [-0.2, -0.15) is 0 Å². The standard InChI is InChI=1S/C12H14BrN3S/c1-8(10-5-4-6-17-10)16(3)12-7-11(13)14-9(2)15-12/h4-8H,1-3H3. The number of thiophene rings is 1. The average molecular weight is 312 g/mol. The molecule has 0 aliphatic heterocycles. The molecule has 90 valence electrons. The summed E-state index contributed by atoms with van der Waals surface area (Å²) in [4.78, 5) is 12.2. The summed E-state index contributed by atoms with van der Waals surface area (Å²) in [5.74, 6) is 1.71. The van der Waals surface area contributed by atoms with Gasteiger partial charge >= 0.3 is 0 Å². The maximum Gasteiger partial charge on any atom is 0.133 e. The van der Waals surface area contributed by atoms with E-state index in [2.05, 4.69) is 62.3 Å². The fourth-order valence-corrected chi connectivity index (χ4v) is 2.90. The van der Waals surface area contributed by atoms with Crippen molar-refractivity contribution in [2.75, 3.05) is 11.9 Å². The van der Waals surface area contributed by atoms with Crippen molar-refractivity contribution in [2.45, 2.75) is 19.9 Å². The van der Waals surface area contributed by atoms with Crippen molar-refractivity contribution in [3.05, 3.63) is 38.9 Å². The summed E-state index contributed by atoms with van der Waals surface area (Å²) in [5, 5.41) is 2.10. The van der Waals surface area contributed by atoms with Gasteiger partial charge in [-0.25, -0.2) is 9.97 Å². The minimum Gasteiger partial charge on any atom is -0.352 e. The van der Waals surface area contributed by atoms with E-state index in [9.17, 15) is 0 Å². The molecule has 2 aromatic rings. The van der Waals surface area contributed by atoms with Gasteiger partial charge in [0.15, 0.2) is 0 Å². The zero-order valence-electron chi connectivity index (χ0n) is 10.0. The number of nitrogens with zero attached hydrogens (tertiary/aromatic N) is 3. The Morgan fingerprint density at radius 3 is 2.76 bits per heavy atom. The Morgan fingerprint density at radius 2 is 2.18 bits per heavy atom. The lowest BCUT2D eigenvalue weighted by Gasteiger charge is -2.25. The van der Waals surface area contributed by atoms with E-state index >= 15 is 0 Å². The normalized spacial score (nSPS) is 12.5. The van der Waals surface area contributed by atoms with Gasteiger partial charge in [-0.3, -0.25) is 0 Å². The van der Waals surface area contributed by atoms with Crippen LogP contribution >= 0.6 is 27.3 Å². The second-order valence-corrected chi connectivity index (χ2v) is 5.69. The average Bonchev–Trinajstić information content (AvgIpc) is 2.79. The molecule has 2 rings (SSSR count). The molecule has 0 amide bonds. The van der Waals surface area contributed by atoms with Crippen molar-refractivity contribution < 1.29 is 0 Å². The van der Waals surface area contributed by atoms with Gasteiger partial charge in [0.1, 0.15) is 16.2 Å². The van der Waals surface area contributed by atoms with Crippen LogP contribution in [0.25, 0.3) is 0 Å². The van der Waals surface area contributed by atoms with Crippen molar-refractivity contribution in [3.8, 4) is 0 Å². The molecule has 1 atom stereocenters. The smallest absolute Gasteiger partial charge is 0.133 e. The Morgan fingerprint density at radius 1 is 1.41 bits per heavy atom. The summed E-state index contributed by atoms with van der Waals surface area (Å²) in [5.41, 5.74) is 0. The summed E-state index contributed by atoms with van der Waals surface area (Å²) in [6.45, 7) is 4.08. The van der Waals surface area contributed by atoms with Gasteiger partial charge in [0, 0.05) is 18.0 Å². The van der Waals surface area contributed by atoms with Crippen molar-refractivity contribution in [1.29, 1.82) is 0 Å². The molecular formula is C12H14BrN3S. The predicted molar refractivity (Wildman–Crippen MR) is 75.6 cm³/mol. The van der Waals surface area contributed by atoms with E-state index in [1.54, 1.807) is 11.3 Å². The summed E-state index contributed by atoms with van der Waals surface area (Å²) in [7, 11) is 2.05. The van der Waals surface area contributed by atoms with Crippen LogP contribution in [-0.2, 0) is 0 Å². The van der Waals surface area contributed by atoms with Crippen LogP contribution in [0.1, 0.15) is 23.7 Å². The van der Waals surface area contributed by atoms with Crippen molar-refractivity contribution in [3.63, 3.8) is 0 Å². The predicted octanol–water partition coefficient (Wildman–Crippen LogP) is 3.81. The van der Waals surface area contributed by atoms with E-state index in [0.29, 0.717) is 6.04 Å². The highest BCUT2D eigenvalue weighted by Crippen LogP contribution is 2.27. The van der Waals surface area contributed by atoms with E-state index in [1.165, 1.54) is 4.88 Å². The number of aromatic nitrogens is 2. The Kier molecular flexibility index (Phi) is 3.79. The Labute approximate surface area is 114 Å². The van der Waals surface area contributed by atoms with Crippen LogP contribution < -0.4 is 4.90 Å². The van der Waals surface area contributed by atoms with Gasteiger partial charge in [0.2, 0.25) is 0 Å². The highest BCUT2D eigenvalue weighted by molar-refractivity contribution is 9.10. The second kappa shape index (κ2) is 5.14. The lowest BCUT2D eigenvalue weighted by Crippen LogP contribution is -2.22. The van der Waals surface area contributed by atoms with Crippen molar-refractivity contribution in [2.24, 2.45) is 0 Å². The third kappa shape index (κ3) is 2.84. The SMILES string of the molecule is Cc1nc(Br)cc(N(C)C(C)c2cccs2)n1. The quantitative estimate of drug-likeness (QED) is 0.807. The molecule has 2 heterocycles. The monoisotopic (exact) mass is 311 g/mol. The first-order valence-corrected chi connectivity index (χ1v) is 7.02. The molecule has 3 nitrogen and oxygen atoms in total. The van der Waals surface area contributed by atoms with E-state index in [1.807, 2.05) is 13.0 Å². The van der Waals surface area contributed by atoms with Gasteiger partial charge in [0.25, 0.3) is 0 Å². The third-order valence-electron chi connectivity index (χ3n) is 2.69. The van der Waals surface area contributed by atoms with Gasteiger partial charge in [-0.05, 0) is 41.2 Å². The number of hydrogen-bond donors (Lipinski definition) is 0. The molecule has 1 unspecified atom stereocenters. The first kappa shape index (κ1) is 12.5. The van der Waals surface area contributed by atoms with E-state index < -0.39 is 0 Å². The Bertz CT molecular complexity index is 478. The molecular weight excluding hydrogens is 298 g/mol. The molecule has 0 spiro atoms. The number of anilines is 1. The Balaban J connectivity index is 2.27. The van der Waals surface area contributed by atoms with Crippen LogP contribution in [-0.4, -0.2) is 17.0 Å². The maximum atomic E-state index is 4.45. The van der Waals surface area contributed by atoms with E-state index in [-0.39, 0.29) is 0 Å². The number of aryl methyl sites for hydroxylation is 1. The summed E-state index contributed by atoms with van der Waals surface area (Å²) >= 11 is 5.17. The summed E-state index contributed by atoms with van der Waals surface area (Å²) in [6.07, 6.45) is 0. The van der Waals surface area contributed by atoms with Crippen LogP contribution in [0.3, 0.4) is 0 Å². The van der Waals surface area contributed by atoms with Crippen LogP contribution in [0.2, 0.25) is 0 Å². The number of hydrogen-bond acceptors (Lipinski definition) is 4. The fourth-order valence-electron chi connectivity index (χ4n) is 1.62. The van der Waals surface area contributed by atoms with Crippen LogP contribution in [0.5, 0.6) is 0 Å². The molecule has 5 heteroatoms. The topological polar surface area (TPSA) is 29.0 Å². The van der Waals surface area contributed by atoms with Gasteiger partial charge in [-0.1, -0.05) is 6.07 Å². The molecule has 0 aromatic carbocycles. The highest BCUT2D eigenvalue weighted by atomic mass is 79.9. The lowest BCUT2D eigenvalue weighted by atomic mass is 10.2. The minimum atomic E-state index is 0.316. The number of rotatable bonds is 3. The summed E-state index contributed by atoms with van der Waals surface area (Å²) in [6, 6.07) is 6.48. The highest BCUT2D eigenvalue weighted by Gasteiger charge is 2.15. The van der Waals surface area contributed by atoms with Gasteiger partial charge < -0.3 is 4.90 Å².